The van der Waals surface area contributed by atoms with Crippen molar-refractivity contribution in [3.63, 3.8) is 0 Å². The molecule has 0 fully saturated rings. The molecule has 4 N–H and O–H groups in total. The molecule has 2 aromatic heterocycles. The van der Waals surface area contributed by atoms with Gasteiger partial charge in [0, 0.05) is 18.7 Å². The highest BCUT2D eigenvalue weighted by molar-refractivity contribution is 6.33. The van der Waals surface area contributed by atoms with Crippen molar-refractivity contribution in [1.82, 2.24) is 10.3 Å². The van der Waals surface area contributed by atoms with Crippen LogP contribution in [0, 0.1) is 0 Å². The number of nitrogens with two attached hydrogens (primary N) is 1. The van der Waals surface area contributed by atoms with Gasteiger partial charge in [-0.2, -0.15) is 0 Å². The number of nitrogen functional groups attached to an aromatic ring is 1. The number of halogens is 1. The molecule has 0 saturated heterocycles. The molecular weight excluding hydrogens is 292 g/mol. The molecule has 0 spiro atoms. The lowest BCUT2D eigenvalue weighted by Gasteiger charge is -2.13. The number of hydrogen-bond donors (Lipinski definition) is 3. The number of rotatable bonds is 6. The third-order valence-electron chi connectivity index (χ3n) is 3.02. The molecule has 0 aliphatic carbocycles. The SMILES string of the molecule is CC(CCc1ccco1)NC(=O)c1cnc(NN)c(Cl)c1. The van der Waals surface area contributed by atoms with E-state index < -0.39 is 0 Å². The third kappa shape index (κ3) is 4.21. The Bertz CT molecular complexity index is 601. The van der Waals surface area contributed by atoms with Crippen molar-refractivity contribution in [2.75, 3.05) is 5.43 Å². The number of carbonyl (C=O) groups is 1. The summed E-state index contributed by atoms with van der Waals surface area (Å²) in [5, 5.41) is 3.19. The van der Waals surface area contributed by atoms with E-state index in [-0.39, 0.29) is 11.9 Å². The molecular formula is C14H17ClN4O2. The van der Waals surface area contributed by atoms with Crippen LogP contribution in [0.4, 0.5) is 5.82 Å². The van der Waals surface area contributed by atoms with Gasteiger partial charge in [0.1, 0.15) is 5.76 Å². The van der Waals surface area contributed by atoms with Gasteiger partial charge in [-0.05, 0) is 31.5 Å². The Balaban J connectivity index is 1.89. The highest BCUT2D eigenvalue weighted by Gasteiger charge is 2.12. The first-order chi connectivity index (χ1) is 10.1. The maximum Gasteiger partial charge on any atom is 0.253 e. The summed E-state index contributed by atoms with van der Waals surface area (Å²) in [6.07, 6.45) is 4.61. The molecule has 21 heavy (non-hydrogen) atoms. The van der Waals surface area contributed by atoms with Crippen LogP contribution < -0.4 is 16.6 Å². The molecule has 1 atom stereocenters. The van der Waals surface area contributed by atoms with Gasteiger partial charge >= 0.3 is 0 Å². The summed E-state index contributed by atoms with van der Waals surface area (Å²) in [4.78, 5) is 16.1. The molecule has 7 heteroatoms. The van der Waals surface area contributed by atoms with Crippen LogP contribution >= 0.6 is 11.6 Å². The molecule has 0 aromatic carbocycles. The van der Waals surface area contributed by atoms with Gasteiger partial charge in [-0.1, -0.05) is 11.6 Å². The standard InChI is InChI=1S/C14H17ClN4O2/c1-9(4-5-11-3-2-6-21-11)18-14(20)10-7-12(15)13(19-16)17-8-10/h2-3,6-9H,4-5,16H2,1H3,(H,17,19)(H,18,20). The summed E-state index contributed by atoms with van der Waals surface area (Å²) in [5.74, 6) is 6.25. The zero-order valence-corrected chi connectivity index (χ0v) is 12.4. The summed E-state index contributed by atoms with van der Waals surface area (Å²) in [6.45, 7) is 1.94. The number of furan rings is 1. The quantitative estimate of drug-likeness (QED) is 0.562. The minimum atomic E-state index is -0.222. The van der Waals surface area contributed by atoms with Crippen molar-refractivity contribution in [1.29, 1.82) is 0 Å². The highest BCUT2D eigenvalue weighted by atomic mass is 35.5. The second-order valence-corrected chi connectivity index (χ2v) is 5.10. The second kappa shape index (κ2) is 7.10. The van der Waals surface area contributed by atoms with E-state index in [1.165, 1.54) is 12.3 Å². The Morgan fingerprint density at radius 1 is 1.57 bits per heavy atom. The van der Waals surface area contributed by atoms with Crippen molar-refractivity contribution >= 4 is 23.3 Å². The largest absolute Gasteiger partial charge is 0.469 e. The predicted octanol–water partition coefficient (Wildman–Crippen LogP) is 2.36. The fourth-order valence-electron chi connectivity index (χ4n) is 1.86. The van der Waals surface area contributed by atoms with Crippen LogP contribution in [0.15, 0.2) is 35.1 Å². The van der Waals surface area contributed by atoms with Gasteiger partial charge in [0.25, 0.3) is 5.91 Å². The second-order valence-electron chi connectivity index (χ2n) is 4.69. The monoisotopic (exact) mass is 308 g/mol. The van der Waals surface area contributed by atoms with E-state index in [9.17, 15) is 4.79 Å². The van der Waals surface area contributed by atoms with Crippen LogP contribution in [0.3, 0.4) is 0 Å². The van der Waals surface area contributed by atoms with Crippen molar-refractivity contribution < 1.29 is 9.21 Å². The van der Waals surface area contributed by atoms with Crippen molar-refractivity contribution in [3.05, 3.63) is 47.0 Å². The first kappa shape index (κ1) is 15.3. The Morgan fingerprint density at radius 2 is 2.38 bits per heavy atom. The van der Waals surface area contributed by atoms with Crippen LogP contribution in [0.2, 0.25) is 5.02 Å². The van der Waals surface area contributed by atoms with E-state index in [2.05, 4.69) is 15.7 Å². The molecule has 0 radical (unpaired) electrons. The molecule has 0 aliphatic heterocycles. The zero-order chi connectivity index (χ0) is 15.2. The Morgan fingerprint density at radius 3 is 3.00 bits per heavy atom. The molecule has 0 aliphatic rings. The van der Waals surface area contributed by atoms with E-state index in [1.54, 1.807) is 6.26 Å². The number of anilines is 1. The van der Waals surface area contributed by atoms with Gasteiger partial charge in [0.2, 0.25) is 0 Å². The molecule has 6 nitrogen and oxygen atoms in total. The van der Waals surface area contributed by atoms with Gasteiger partial charge in [0.15, 0.2) is 5.82 Å². The highest BCUT2D eigenvalue weighted by Crippen LogP contribution is 2.19. The van der Waals surface area contributed by atoms with Crippen LogP contribution in [0.5, 0.6) is 0 Å². The summed E-state index contributed by atoms with van der Waals surface area (Å²) >= 11 is 5.94. The normalized spacial score (nSPS) is 12.0. The molecule has 1 unspecified atom stereocenters. The molecule has 0 saturated carbocycles. The van der Waals surface area contributed by atoms with Gasteiger partial charge < -0.3 is 15.2 Å². The van der Waals surface area contributed by atoms with E-state index in [1.807, 2.05) is 19.1 Å². The molecule has 1 amide bonds. The maximum atomic E-state index is 12.1. The number of hydrogen-bond acceptors (Lipinski definition) is 5. The zero-order valence-electron chi connectivity index (χ0n) is 11.6. The Labute approximate surface area is 127 Å². The van der Waals surface area contributed by atoms with Gasteiger partial charge in [-0.3, -0.25) is 4.79 Å². The Hall–Kier alpha value is -2.05. The number of aromatic nitrogens is 1. The average molecular weight is 309 g/mol. The predicted molar refractivity (Wildman–Crippen MR) is 81.0 cm³/mol. The number of hydrazine groups is 1. The van der Waals surface area contributed by atoms with Crippen LogP contribution in [0.25, 0.3) is 0 Å². The first-order valence-corrected chi connectivity index (χ1v) is 6.93. The lowest BCUT2D eigenvalue weighted by Crippen LogP contribution is -2.33. The lowest BCUT2D eigenvalue weighted by molar-refractivity contribution is 0.0938. The topological polar surface area (TPSA) is 93.2 Å². The number of nitrogens with zero attached hydrogens (tertiary/aromatic N) is 1. The number of nitrogens with one attached hydrogen (secondary N) is 2. The minimum absolute atomic E-state index is 0.00804. The van der Waals surface area contributed by atoms with E-state index in [0.29, 0.717) is 16.4 Å². The molecule has 0 bridgehead atoms. The number of carbonyl (C=O) groups excluding carboxylic acids is 1. The fraction of sp³-hybridized carbons (Fsp3) is 0.286. The third-order valence-corrected chi connectivity index (χ3v) is 3.31. The number of aryl methyl sites for hydroxylation is 1. The van der Waals surface area contributed by atoms with Crippen LogP contribution in [0.1, 0.15) is 29.5 Å². The van der Waals surface area contributed by atoms with E-state index >= 15 is 0 Å². The van der Waals surface area contributed by atoms with E-state index in [0.717, 1.165) is 18.6 Å². The lowest BCUT2D eigenvalue weighted by atomic mass is 10.1. The number of pyridine rings is 1. The molecule has 2 heterocycles. The van der Waals surface area contributed by atoms with Crippen molar-refractivity contribution in [3.8, 4) is 0 Å². The van der Waals surface area contributed by atoms with Crippen LogP contribution in [-0.4, -0.2) is 16.9 Å². The van der Waals surface area contributed by atoms with Gasteiger partial charge in [-0.25, -0.2) is 10.8 Å². The van der Waals surface area contributed by atoms with Gasteiger partial charge in [0.05, 0.1) is 16.8 Å². The van der Waals surface area contributed by atoms with Gasteiger partial charge in [-0.15, -0.1) is 0 Å². The fourth-order valence-corrected chi connectivity index (χ4v) is 2.08. The molecule has 112 valence electrons. The maximum absolute atomic E-state index is 12.1. The number of amides is 1. The minimum Gasteiger partial charge on any atom is -0.469 e. The van der Waals surface area contributed by atoms with Crippen molar-refractivity contribution in [2.24, 2.45) is 5.84 Å². The summed E-state index contributed by atoms with van der Waals surface area (Å²) in [7, 11) is 0. The van der Waals surface area contributed by atoms with E-state index in [4.69, 9.17) is 21.9 Å². The summed E-state index contributed by atoms with van der Waals surface area (Å²) < 4.78 is 5.26. The summed E-state index contributed by atoms with van der Waals surface area (Å²) in [5.41, 5.74) is 2.75. The Kier molecular flexibility index (Phi) is 5.19. The molecule has 2 rings (SSSR count). The first-order valence-electron chi connectivity index (χ1n) is 6.55. The summed E-state index contributed by atoms with van der Waals surface area (Å²) in [6, 6.07) is 5.29. The van der Waals surface area contributed by atoms with Crippen LogP contribution in [-0.2, 0) is 6.42 Å². The smallest absolute Gasteiger partial charge is 0.253 e. The molecule has 2 aromatic rings. The van der Waals surface area contributed by atoms with Crippen molar-refractivity contribution in [2.45, 2.75) is 25.8 Å². The average Bonchev–Trinajstić information content (AvgIpc) is 2.98.